The van der Waals surface area contributed by atoms with Crippen LogP contribution in [0.3, 0.4) is 0 Å². The third-order valence-corrected chi connectivity index (χ3v) is 2.99. The van der Waals surface area contributed by atoms with Gasteiger partial charge in [-0.05, 0) is 20.8 Å². The molecule has 0 radical (unpaired) electrons. The zero-order valence-electron chi connectivity index (χ0n) is 11.4. The first-order chi connectivity index (χ1) is 9.41. The lowest BCUT2D eigenvalue weighted by atomic mass is 10.2. The smallest absolute Gasteiger partial charge is 0.344 e. The van der Waals surface area contributed by atoms with E-state index in [2.05, 4.69) is 10.5 Å². The van der Waals surface area contributed by atoms with E-state index in [0.717, 1.165) is 4.90 Å². The van der Waals surface area contributed by atoms with Crippen LogP contribution in [0.1, 0.15) is 28.7 Å². The fraction of sp³-hybridized carbons (Fsp3) is 0.500. The van der Waals surface area contributed by atoms with Gasteiger partial charge < -0.3 is 14.6 Å². The van der Waals surface area contributed by atoms with Gasteiger partial charge >= 0.3 is 12.0 Å². The Morgan fingerprint density at radius 1 is 1.45 bits per heavy atom. The molecule has 0 saturated carbocycles. The minimum atomic E-state index is -1.06. The third-order valence-electron chi connectivity index (χ3n) is 2.99. The molecule has 1 atom stereocenters. The van der Waals surface area contributed by atoms with Gasteiger partial charge in [0.25, 0.3) is 5.91 Å². The van der Waals surface area contributed by atoms with E-state index in [1.807, 2.05) is 0 Å². The quantitative estimate of drug-likeness (QED) is 0.804. The summed E-state index contributed by atoms with van der Waals surface area (Å²) in [4.78, 5) is 36.3. The summed E-state index contributed by atoms with van der Waals surface area (Å²) in [6.07, 6.45) is -1.06. The van der Waals surface area contributed by atoms with Crippen molar-refractivity contribution in [3.05, 3.63) is 17.0 Å². The van der Waals surface area contributed by atoms with Crippen molar-refractivity contribution in [3.63, 3.8) is 0 Å². The number of hydrogen-bond acceptors (Lipinski definition) is 6. The minimum absolute atomic E-state index is 0.204. The van der Waals surface area contributed by atoms with Gasteiger partial charge in [0.1, 0.15) is 11.3 Å². The SMILES string of the molecule is Cc1noc(C)c1C(=O)OC(C)C(=O)N1CCNC1=O. The van der Waals surface area contributed by atoms with Crippen LogP contribution in [0.15, 0.2) is 4.52 Å². The average molecular weight is 281 g/mol. The Morgan fingerprint density at radius 2 is 2.15 bits per heavy atom. The summed E-state index contributed by atoms with van der Waals surface area (Å²) in [6.45, 7) is 5.27. The van der Waals surface area contributed by atoms with Gasteiger partial charge in [0, 0.05) is 13.1 Å². The monoisotopic (exact) mass is 281 g/mol. The molecule has 0 aromatic carbocycles. The van der Waals surface area contributed by atoms with E-state index in [-0.39, 0.29) is 12.1 Å². The number of aryl methyl sites for hydroxylation is 2. The Balaban J connectivity index is 2.04. The molecule has 0 bridgehead atoms. The number of aromatic nitrogens is 1. The van der Waals surface area contributed by atoms with Crippen LogP contribution < -0.4 is 5.32 Å². The summed E-state index contributed by atoms with van der Waals surface area (Å²) >= 11 is 0. The molecule has 1 aliphatic heterocycles. The van der Waals surface area contributed by atoms with Gasteiger partial charge in [0.15, 0.2) is 6.10 Å². The molecule has 1 aromatic heterocycles. The highest BCUT2D eigenvalue weighted by Crippen LogP contribution is 2.15. The Bertz CT molecular complexity index is 546. The van der Waals surface area contributed by atoms with E-state index in [1.165, 1.54) is 6.92 Å². The van der Waals surface area contributed by atoms with Gasteiger partial charge in [-0.15, -0.1) is 0 Å². The highest BCUT2D eigenvalue weighted by molar-refractivity contribution is 5.99. The van der Waals surface area contributed by atoms with E-state index < -0.39 is 24.0 Å². The molecule has 0 spiro atoms. The number of carbonyl (C=O) groups is 3. The molecule has 20 heavy (non-hydrogen) atoms. The first-order valence-corrected chi connectivity index (χ1v) is 6.15. The van der Waals surface area contributed by atoms with Crippen LogP contribution in [-0.2, 0) is 9.53 Å². The van der Waals surface area contributed by atoms with Gasteiger partial charge in [-0.1, -0.05) is 5.16 Å². The van der Waals surface area contributed by atoms with Crippen molar-refractivity contribution in [2.75, 3.05) is 13.1 Å². The van der Waals surface area contributed by atoms with Crippen molar-refractivity contribution in [2.45, 2.75) is 26.9 Å². The zero-order valence-corrected chi connectivity index (χ0v) is 11.4. The summed E-state index contributed by atoms with van der Waals surface area (Å²) < 4.78 is 9.93. The maximum absolute atomic E-state index is 12.0. The highest BCUT2D eigenvalue weighted by Gasteiger charge is 2.32. The normalized spacial score (nSPS) is 15.9. The molecule has 2 rings (SSSR count). The van der Waals surface area contributed by atoms with Crippen molar-refractivity contribution >= 4 is 17.9 Å². The van der Waals surface area contributed by atoms with E-state index >= 15 is 0 Å². The standard InChI is InChI=1S/C12H15N3O5/c1-6-9(7(2)20-14-6)11(17)19-8(3)10(16)15-5-4-13-12(15)18/h8H,4-5H2,1-3H3,(H,13,18). The van der Waals surface area contributed by atoms with Crippen molar-refractivity contribution in [1.82, 2.24) is 15.4 Å². The van der Waals surface area contributed by atoms with Crippen LogP contribution >= 0.6 is 0 Å². The van der Waals surface area contributed by atoms with Crippen molar-refractivity contribution in [3.8, 4) is 0 Å². The molecule has 8 nitrogen and oxygen atoms in total. The summed E-state index contributed by atoms with van der Waals surface area (Å²) in [5.74, 6) is -0.923. The lowest BCUT2D eigenvalue weighted by molar-refractivity contribution is -0.136. The van der Waals surface area contributed by atoms with E-state index in [1.54, 1.807) is 13.8 Å². The van der Waals surface area contributed by atoms with Crippen molar-refractivity contribution in [2.24, 2.45) is 0 Å². The van der Waals surface area contributed by atoms with Gasteiger partial charge in [-0.25, -0.2) is 9.59 Å². The number of imide groups is 1. The molecule has 8 heteroatoms. The Hall–Kier alpha value is -2.38. The number of nitrogens with one attached hydrogen (secondary N) is 1. The third kappa shape index (κ3) is 2.49. The number of nitrogens with zero attached hydrogens (tertiary/aromatic N) is 2. The van der Waals surface area contributed by atoms with Crippen molar-refractivity contribution in [1.29, 1.82) is 0 Å². The minimum Gasteiger partial charge on any atom is -0.449 e. The topological polar surface area (TPSA) is 102 Å². The van der Waals surface area contributed by atoms with E-state index in [9.17, 15) is 14.4 Å². The summed E-state index contributed by atoms with van der Waals surface area (Å²) in [7, 11) is 0. The van der Waals surface area contributed by atoms with Gasteiger partial charge in [-0.3, -0.25) is 9.69 Å². The number of hydrogen-bond donors (Lipinski definition) is 1. The zero-order chi connectivity index (χ0) is 14.9. The molecule has 1 N–H and O–H groups in total. The number of esters is 1. The first-order valence-electron chi connectivity index (χ1n) is 6.15. The van der Waals surface area contributed by atoms with Gasteiger partial charge in [-0.2, -0.15) is 0 Å². The second-order valence-electron chi connectivity index (χ2n) is 4.47. The molecule has 1 unspecified atom stereocenters. The van der Waals surface area contributed by atoms with Crippen molar-refractivity contribution < 1.29 is 23.6 Å². The molecule has 108 valence electrons. The second-order valence-corrected chi connectivity index (χ2v) is 4.47. The average Bonchev–Trinajstić information content (AvgIpc) is 2.94. The molecule has 1 aromatic rings. The van der Waals surface area contributed by atoms with Crippen LogP contribution in [-0.4, -0.2) is 47.2 Å². The Labute approximate surface area is 115 Å². The Kier molecular flexibility index (Phi) is 3.73. The Morgan fingerprint density at radius 3 is 2.65 bits per heavy atom. The molecule has 1 saturated heterocycles. The summed E-state index contributed by atoms with van der Waals surface area (Å²) in [6, 6.07) is -0.477. The molecule has 1 fully saturated rings. The first kappa shape index (κ1) is 14.0. The van der Waals surface area contributed by atoms with Crippen LogP contribution in [0.4, 0.5) is 4.79 Å². The fourth-order valence-electron chi connectivity index (χ4n) is 1.95. The van der Waals surface area contributed by atoms with Gasteiger partial charge in [0.2, 0.25) is 0 Å². The molecular formula is C12H15N3O5. The van der Waals surface area contributed by atoms with Gasteiger partial charge in [0.05, 0.1) is 5.69 Å². The van der Waals surface area contributed by atoms with E-state index in [4.69, 9.17) is 9.26 Å². The largest absolute Gasteiger partial charge is 0.449 e. The van der Waals surface area contributed by atoms with Crippen LogP contribution in [0.2, 0.25) is 0 Å². The number of ether oxygens (including phenoxy) is 1. The maximum Gasteiger partial charge on any atom is 0.344 e. The van der Waals surface area contributed by atoms with Crippen LogP contribution in [0, 0.1) is 13.8 Å². The number of amides is 3. The summed E-state index contributed by atoms with van der Waals surface area (Å²) in [5.41, 5.74) is 0.599. The van der Waals surface area contributed by atoms with Crippen LogP contribution in [0.5, 0.6) is 0 Å². The van der Waals surface area contributed by atoms with E-state index in [0.29, 0.717) is 18.0 Å². The fourth-order valence-corrected chi connectivity index (χ4v) is 1.95. The lowest BCUT2D eigenvalue weighted by Gasteiger charge is -2.17. The molecular weight excluding hydrogens is 266 g/mol. The molecule has 3 amide bonds. The molecule has 0 aliphatic carbocycles. The predicted molar refractivity (Wildman–Crippen MR) is 66.0 cm³/mol. The predicted octanol–water partition coefficient (Wildman–Crippen LogP) is 0.389. The van der Waals surface area contributed by atoms with Crippen LogP contribution in [0.25, 0.3) is 0 Å². The maximum atomic E-state index is 12.0. The molecule has 2 heterocycles. The second kappa shape index (κ2) is 5.32. The highest BCUT2D eigenvalue weighted by atomic mass is 16.5. The number of carbonyl (C=O) groups excluding carboxylic acids is 3. The lowest BCUT2D eigenvalue weighted by Crippen LogP contribution is -2.41. The number of urea groups is 1. The molecule has 1 aliphatic rings. The summed E-state index contributed by atoms with van der Waals surface area (Å²) in [5, 5.41) is 6.15. The number of rotatable bonds is 3.